The van der Waals surface area contributed by atoms with E-state index in [9.17, 15) is 19.5 Å². The zero-order chi connectivity index (χ0) is 19.4. The average molecular weight is 444 g/mol. The van der Waals surface area contributed by atoms with Crippen molar-refractivity contribution in [1.82, 2.24) is 4.90 Å². The monoisotopic (exact) mass is 443 g/mol. The minimum atomic E-state index is -1.02. The molecule has 1 saturated heterocycles. The molecular weight excluding hydrogens is 426 g/mol. The van der Waals surface area contributed by atoms with Crippen LogP contribution in [0.5, 0.6) is 11.5 Å². The molecule has 1 aliphatic heterocycles. The minimum absolute atomic E-state index is 0.0991. The predicted molar refractivity (Wildman–Crippen MR) is 101 cm³/mol. The Morgan fingerprint density at radius 3 is 2.65 bits per heavy atom. The van der Waals surface area contributed by atoms with E-state index in [1.807, 2.05) is 0 Å². The average Bonchev–Trinajstić information content (AvgIpc) is 2.85. The molecule has 1 aromatic rings. The van der Waals surface area contributed by atoms with Crippen molar-refractivity contribution in [3.63, 3.8) is 0 Å². The lowest BCUT2D eigenvalue weighted by Crippen LogP contribution is -2.42. The zero-order valence-corrected chi connectivity index (χ0v) is 16.8. The van der Waals surface area contributed by atoms with Gasteiger partial charge in [0.05, 0.1) is 18.1 Å². The van der Waals surface area contributed by atoms with Gasteiger partial charge in [-0.15, -0.1) is 0 Å². The third kappa shape index (κ3) is 4.21. The second kappa shape index (κ2) is 8.59. The fourth-order valence-electron chi connectivity index (χ4n) is 2.29. The largest absolute Gasteiger partial charge is 0.504 e. The number of ether oxygens (including phenoxy) is 2. The first-order chi connectivity index (χ1) is 12.3. The van der Waals surface area contributed by atoms with Gasteiger partial charge in [-0.05, 0) is 50.7 Å². The topological polar surface area (TPSA) is 93.1 Å². The van der Waals surface area contributed by atoms with Crippen LogP contribution in [0.15, 0.2) is 21.5 Å². The smallest absolute Gasteiger partial charge is 0.329 e. The number of nitrogens with zero attached hydrogens (tertiary/aromatic N) is 1. The number of carbonyl (C=O) groups excluding carboxylic acids is 3. The molecule has 0 unspecified atom stereocenters. The van der Waals surface area contributed by atoms with E-state index in [1.54, 1.807) is 26.0 Å². The van der Waals surface area contributed by atoms with E-state index in [4.69, 9.17) is 9.47 Å². The van der Waals surface area contributed by atoms with Crippen molar-refractivity contribution < 1.29 is 29.0 Å². The highest BCUT2D eigenvalue weighted by molar-refractivity contribution is 9.10. The van der Waals surface area contributed by atoms with Crippen LogP contribution in [0.1, 0.15) is 26.3 Å². The Bertz CT molecular complexity index is 779. The van der Waals surface area contributed by atoms with Crippen molar-refractivity contribution >= 4 is 50.9 Å². The number of aromatic hydroxyl groups is 1. The van der Waals surface area contributed by atoms with Crippen LogP contribution >= 0.6 is 27.7 Å². The van der Waals surface area contributed by atoms with Crippen LogP contribution < -0.4 is 4.74 Å². The molecule has 26 heavy (non-hydrogen) atoms. The Kier molecular flexibility index (Phi) is 6.71. The normalized spacial score (nSPS) is 16.9. The van der Waals surface area contributed by atoms with Gasteiger partial charge in [-0.1, -0.05) is 15.9 Å². The number of esters is 1. The van der Waals surface area contributed by atoms with Gasteiger partial charge in [0.1, 0.15) is 6.04 Å². The number of phenols is 1. The van der Waals surface area contributed by atoms with Crippen LogP contribution in [0.4, 0.5) is 4.79 Å². The Labute approximate surface area is 163 Å². The lowest BCUT2D eigenvalue weighted by Gasteiger charge is -2.19. The highest BCUT2D eigenvalue weighted by atomic mass is 79.9. The first kappa shape index (κ1) is 20.3. The summed E-state index contributed by atoms with van der Waals surface area (Å²) in [6.07, 6.45) is 1.39. The molecule has 1 aromatic carbocycles. The van der Waals surface area contributed by atoms with E-state index in [2.05, 4.69) is 15.9 Å². The fraction of sp³-hybridized carbons (Fsp3) is 0.353. The third-order valence-corrected chi connectivity index (χ3v) is 4.84. The molecule has 1 heterocycles. The highest BCUT2D eigenvalue weighted by Gasteiger charge is 2.41. The van der Waals surface area contributed by atoms with E-state index in [0.29, 0.717) is 28.4 Å². The molecular formula is C17H18BrNO6S. The number of hydrogen-bond donors (Lipinski definition) is 1. The van der Waals surface area contributed by atoms with E-state index in [-0.39, 0.29) is 23.0 Å². The summed E-state index contributed by atoms with van der Waals surface area (Å²) in [7, 11) is 0. The maximum Gasteiger partial charge on any atom is 0.329 e. The van der Waals surface area contributed by atoms with Crippen molar-refractivity contribution in [3.8, 4) is 11.5 Å². The SMILES string of the molecule is CCOC(=O)[C@@H](C)N1C(=O)S/C(=C/c2cc(Br)cc(OCC)c2O)C1=O. The van der Waals surface area contributed by atoms with Gasteiger partial charge in [-0.2, -0.15) is 0 Å². The van der Waals surface area contributed by atoms with E-state index in [1.165, 1.54) is 13.0 Å². The number of hydrogen-bond acceptors (Lipinski definition) is 7. The van der Waals surface area contributed by atoms with Gasteiger partial charge in [0, 0.05) is 10.0 Å². The molecule has 1 aliphatic rings. The number of benzene rings is 1. The summed E-state index contributed by atoms with van der Waals surface area (Å²) >= 11 is 4.01. The van der Waals surface area contributed by atoms with Gasteiger partial charge >= 0.3 is 5.97 Å². The van der Waals surface area contributed by atoms with Gasteiger partial charge in [-0.3, -0.25) is 14.5 Å². The molecule has 0 bridgehead atoms. The molecule has 7 nitrogen and oxygen atoms in total. The predicted octanol–water partition coefficient (Wildman–Crippen LogP) is 3.54. The molecule has 1 fully saturated rings. The molecule has 2 amide bonds. The molecule has 2 rings (SSSR count). The number of amides is 2. The number of thioether (sulfide) groups is 1. The lowest BCUT2D eigenvalue weighted by molar-refractivity contribution is -0.150. The van der Waals surface area contributed by atoms with Crippen LogP contribution in [0.25, 0.3) is 6.08 Å². The summed E-state index contributed by atoms with van der Waals surface area (Å²) in [5.74, 6) is -1.15. The van der Waals surface area contributed by atoms with Crippen molar-refractivity contribution in [2.45, 2.75) is 26.8 Å². The highest BCUT2D eigenvalue weighted by Crippen LogP contribution is 2.39. The Morgan fingerprint density at radius 2 is 2.04 bits per heavy atom. The Balaban J connectivity index is 2.35. The number of carbonyl (C=O) groups is 3. The number of imide groups is 1. The standard InChI is InChI=1S/C17H18BrNO6S/c1-4-24-12-8-11(18)6-10(14(12)20)7-13-15(21)19(17(23)26-13)9(3)16(22)25-5-2/h6-9,20H,4-5H2,1-3H3/b13-7+/t9-/m1/s1. The molecule has 1 atom stereocenters. The van der Waals surface area contributed by atoms with Crippen molar-refractivity contribution in [2.24, 2.45) is 0 Å². The van der Waals surface area contributed by atoms with Crippen LogP contribution in [0.2, 0.25) is 0 Å². The fourth-order valence-corrected chi connectivity index (χ4v) is 3.65. The Morgan fingerprint density at radius 1 is 1.35 bits per heavy atom. The lowest BCUT2D eigenvalue weighted by atomic mass is 10.1. The molecule has 0 radical (unpaired) electrons. The summed E-state index contributed by atoms with van der Waals surface area (Å²) in [4.78, 5) is 37.5. The number of rotatable bonds is 6. The van der Waals surface area contributed by atoms with E-state index >= 15 is 0 Å². The summed E-state index contributed by atoms with van der Waals surface area (Å²) in [6, 6.07) is 2.18. The van der Waals surface area contributed by atoms with Gasteiger partial charge in [0.15, 0.2) is 11.5 Å². The van der Waals surface area contributed by atoms with Crippen LogP contribution in [-0.2, 0) is 14.3 Å². The maximum absolute atomic E-state index is 12.6. The van der Waals surface area contributed by atoms with Gasteiger partial charge in [0.2, 0.25) is 0 Å². The first-order valence-electron chi connectivity index (χ1n) is 7.89. The van der Waals surface area contributed by atoms with Crippen LogP contribution in [0, 0.1) is 0 Å². The summed E-state index contributed by atoms with van der Waals surface area (Å²) in [5.41, 5.74) is 0.317. The summed E-state index contributed by atoms with van der Waals surface area (Å²) in [5, 5.41) is 9.74. The minimum Gasteiger partial charge on any atom is -0.504 e. The second-order valence-electron chi connectivity index (χ2n) is 5.25. The molecule has 140 valence electrons. The van der Waals surface area contributed by atoms with E-state index in [0.717, 1.165) is 4.90 Å². The van der Waals surface area contributed by atoms with Gasteiger partial charge in [0.25, 0.3) is 11.1 Å². The molecule has 0 spiro atoms. The first-order valence-corrected chi connectivity index (χ1v) is 9.50. The second-order valence-corrected chi connectivity index (χ2v) is 7.16. The molecule has 9 heteroatoms. The zero-order valence-electron chi connectivity index (χ0n) is 14.4. The Hall–Kier alpha value is -2.00. The third-order valence-electron chi connectivity index (χ3n) is 3.49. The van der Waals surface area contributed by atoms with Crippen molar-refractivity contribution in [3.05, 3.63) is 27.1 Å². The summed E-state index contributed by atoms with van der Waals surface area (Å²) < 4.78 is 10.9. The van der Waals surface area contributed by atoms with Crippen molar-refractivity contribution in [1.29, 1.82) is 0 Å². The quantitative estimate of drug-likeness (QED) is 0.530. The van der Waals surface area contributed by atoms with E-state index < -0.39 is 23.2 Å². The number of phenolic OH excluding ortho intramolecular Hbond substituents is 1. The number of halogens is 1. The summed E-state index contributed by atoms with van der Waals surface area (Å²) in [6.45, 7) is 5.37. The van der Waals surface area contributed by atoms with Crippen LogP contribution in [-0.4, -0.2) is 46.4 Å². The van der Waals surface area contributed by atoms with Crippen molar-refractivity contribution in [2.75, 3.05) is 13.2 Å². The van der Waals surface area contributed by atoms with Gasteiger partial charge in [-0.25, -0.2) is 4.79 Å². The maximum atomic E-state index is 12.6. The molecule has 0 aromatic heterocycles. The molecule has 0 saturated carbocycles. The van der Waals surface area contributed by atoms with Gasteiger partial charge < -0.3 is 14.6 Å². The molecule has 1 N–H and O–H groups in total. The molecule has 0 aliphatic carbocycles. The van der Waals surface area contributed by atoms with Crippen LogP contribution in [0.3, 0.4) is 0 Å².